The number of aryl methyl sites for hydroxylation is 1. The summed E-state index contributed by atoms with van der Waals surface area (Å²) in [4.78, 5) is 12.9. The van der Waals surface area contributed by atoms with E-state index in [0.29, 0.717) is 12.2 Å². The average molecular weight is 378 g/mol. The average Bonchev–Trinajstić information content (AvgIpc) is 2.67. The number of nitrogens with one attached hydrogen (secondary N) is 1. The van der Waals surface area contributed by atoms with Crippen LogP contribution >= 0.6 is 27.7 Å². The molecule has 0 aromatic heterocycles. The van der Waals surface area contributed by atoms with Crippen LogP contribution in [-0.4, -0.2) is 37.6 Å². The molecule has 1 N–H and O–H groups in total. The number of carbonyl (C=O) groups excluding carboxylic acids is 1. The van der Waals surface area contributed by atoms with E-state index in [1.165, 1.54) is 11.8 Å². The number of thioether (sulfide) groups is 1. The minimum absolute atomic E-state index is 0.0702. The first kappa shape index (κ1) is 15.9. The van der Waals surface area contributed by atoms with Crippen molar-refractivity contribution in [1.82, 2.24) is 5.32 Å². The van der Waals surface area contributed by atoms with Gasteiger partial charge in [-0.1, -0.05) is 15.9 Å². The SMILES string of the molecule is Cc1cc(Br)ccc1SCC(=O)NC1CCS(=O)(=O)C1. The summed E-state index contributed by atoms with van der Waals surface area (Å²) in [5, 5.41) is 2.79. The Hall–Kier alpha value is -0.530. The molecule has 1 fully saturated rings. The molecule has 0 aliphatic carbocycles. The van der Waals surface area contributed by atoms with Crippen molar-refractivity contribution in [3.63, 3.8) is 0 Å². The third-order valence-corrected chi connectivity index (χ3v) is 6.53. The second-order valence-electron chi connectivity index (χ2n) is 4.87. The summed E-state index contributed by atoms with van der Waals surface area (Å²) >= 11 is 4.86. The quantitative estimate of drug-likeness (QED) is 0.816. The normalized spacial score (nSPS) is 20.8. The maximum Gasteiger partial charge on any atom is 0.230 e. The third-order valence-electron chi connectivity index (χ3n) is 3.09. The molecule has 0 saturated carbocycles. The zero-order chi connectivity index (χ0) is 14.8. The van der Waals surface area contributed by atoms with Crippen molar-refractivity contribution in [2.24, 2.45) is 0 Å². The van der Waals surface area contributed by atoms with E-state index in [1.54, 1.807) is 0 Å². The van der Waals surface area contributed by atoms with Gasteiger partial charge in [0.15, 0.2) is 9.84 Å². The highest BCUT2D eigenvalue weighted by molar-refractivity contribution is 9.10. The second-order valence-corrected chi connectivity index (χ2v) is 9.03. The van der Waals surface area contributed by atoms with E-state index < -0.39 is 9.84 Å². The van der Waals surface area contributed by atoms with E-state index in [-0.39, 0.29) is 23.5 Å². The Morgan fingerprint density at radius 1 is 1.50 bits per heavy atom. The summed E-state index contributed by atoms with van der Waals surface area (Å²) in [6.45, 7) is 1.99. The summed E-state index contributed by atoms with van der Waals surface area (Å²) in [6.07, 6.45) is 0.524. The van der Waals surface area contributed by atoms with Gasteiger partial charge in [-0.15, -0.1) is 11.8 Å². The molecular weight excluding hydrogens is 362 g/mol. The van der Waals surface area contributed by atoms with Crippen LogP contribution in [0, 0.1) is 6.92 Å². The van der Waals surface area contributed by atoms with E-state index in [2.05, 4.69) is 21.2 Å². The standard InChI is InChI=1S/C13H16BrNO3S2/c1-9-6-10(14)2-3-12(9)19-7-13(16)15-11-4-5-20(17,18)8-11/h2-3,6,11H,4-5,7-8H2,1H3,(H,15,16). The zero-order valence-corrected chi connectivity index (χ0v) is 14.3. The largest absolute Gasteiger partial charge is 0.352 e. The fourth-order valence-electron chi connectivity index (χ4n) is 2.10. The first-order chi connectivity index (χ1) is 9.35. The van der Waals surface area contributed by atoms with Crippen LogP contribution in [0.25, 0.3) is 0 Å². The Morgan fingerprint density at radius 3 is 2.85 bits per heavy atom. The Bertz CT molecular complexity index is 616. The number of amides is 1. The van der Waals surface area contributed by atoms with Crippen LogP contribution in [0.4, 0.5) is 0 Å². The topological polar surface area (TPSA) is 63.2 Å². The molecule has 4 nitrogen and oxygen atoms in total. The molecule has 1 aromatic rings. The highest BCUT2D eigenvalue weighted by atomic mass is 79.9. The van der Waals surface area contributed by atoms with Gasteiger partial charge < -0.3 is 5.32 Å². The highest BCUT2D eigenvalue weighted by Gasteiger charge is 2.28. The Morgan fingerprint density at radius 2 is 2.25 bits per heavy atom. The van der Waals surface area contributed by atoms with Gasteiger partial charge in [-0.25, -0.2) is 8.42 Å². The minimum atomic E-state index is -2.95. The number of carbonyl (C=O) groups is 1. The summed E-state index contributed by atoms with van der Waals surface area (Å²) in [5.41, 5.74) is 1.11. The highest BCUT2D eigenvalue weighted by Crippen LogP contribution is 2.25. The summed E-state index contributed by atoms with van der Waals surface area (Å²) in [7, 11) is -2.95. The molecule has 0 radical (unpaired) electrons. The molecule has 7 heteroatoms. The fourth-order valence-corrected chi connectivity index (χ4v) is 5.07. The molecule has 1 saturated heterocycles. The lowest BCUT2D eigenvalue weighted by atomic mass is 10.2. The summed E-state index contributed by atoms with van der Waals surface area (Å²) < 4.78 is 23.6. The lowest BCUT2D eigenvalue weighted by Gasteiger charge is -2.11. The van der Waals surface area contributed by atoms with Crippen molar-refractivity contribution in [3.8, 4) is 0 Å². The smallest absolute Gasteiger partial charge is 0.230 e. The number of halogens is 1. The molecule has 1 unspecified atom stereocenters. The van der Waals surface area contributed by atoms with Gasteiger partial charge in [0.2, 0.25) is 5.91 Å². The van der Waals surface area contributed by atoms with Crippen LogP contribution in [0.1, 0.15) is 12.0 Å². The van der Waals surface area contributed by atoms with Gasteiger partial charge in [0, 0.05) is 15.4 Å². The molecular formula is C13H16BrNO3S2. The summed E-state index contributed by atoms with van der Waals surface area (Å²) in [6, 6.07) is 5.69. The van der Waals surface area contributed by atoms with Crippen molar-refractivity contribution >= 4 is 43.4 Å². The molecule has 1 aliphatic heterocycles. The van der Waals surface area contributed by atoms with Gasteiger partial charge in [0.1, 0.15) is 0 Å². The van der Waals surface area contributed by atoms with Gasteiger partial charge in [0.05, 0.1) is 17.3 Å². The van der Waals surface area contributed by atoms with E-state index in [0.717, 1.165) is 14.9 Å². The molecule has 1 aromatic carbocycles. The van der Waals surface area contributed by atoms with E-state index in [1.807, 2.05) is 25.1 Å². The molecule has 0 spiro atoms. The molecule has 20 heavy (non-hydrogen) atoms. The molecule has 1 aliphatic rings. The molecule has 2 rings (SSSR count). The van der Waals surface area contributed by atoms with Gasteiger partial charge in [-0.05, 0) is 37.1 Å². The molecule has 1 heterocycles. The monoisotopic (exact) mass is 377 g/mol. The Kier molecular flexibility index (Phi) is 5.14. The van der Waals surface area contributed by atoms with Crippen LogP contribution in [-0.2, 0) is 14.6 Å². The van der Waals surface area contributed by atoms with E-state index in [9.17, 15) is 13.2 Å². The van der Waals surface area contributed by atoms with Crippen molar-refractivity contribution in [1.29, 1.82) is 0 Å². The fraction of sp³-hybridized carbons (Fsp3) is 0.462. The van der Waals surface area contributed by atoms with Gasteiger partial charge in [-0.3, -0.25) is 4.79 Å². The Balaban J connectivity index is 1.84. The number of rotatable bonds is 4. The summed E-state index contributed by atoms with van der Waals surface area (Å²) in [5.74, 6) is 0.441. The van der Waals surface area contributed by atoms with Crippen molar-refractivity contribution in [2.75, 3.05) is 17.3 Å². The van der Waals surface area contributed by atoms with Crippen molar-refractivity contribution in [3.05, 3.63) is 28.2 Å². The number of sulfone groups is 1. The number of hydrogen-bond donors (Lipinski definition) is 1. The van der Waals surface area contributed by atoms with Gasteiger partial charge in [0.25, 0.3) is 0 Å². The molecule has 0 bridgehead atoms. The van der Waals surface area contributed by atoms with Crippen LogP contribution in [0.3, 0.4) is 0 Å². The van der Waals surface area contributed by atoms with Gasteiger partial charge >= 0.3 is 0 Å². The van der Waals surface area contributed by atoms with Crippen molar-refractivity contribution < 1.29 is 13.2 Å². The second kappa shape index (κ2) is 6.49. The molecule has 1 amide bonds. The lowest BCUT2D eigenvalue weighted by Crippen LogP contribution is -2.36. The van der Waals surface area contributed by atoms with E-state index in [4.69, 9.17) is 0 Å². The maximum atomic E-state index is 11.8. The van der Waals surface area contributed by atoms with Crippen molar-refractivity contribution in [2.45, 2.75) is 24.3 Å². The Labute approximate surface area is 131 Å². The number of benzene rings is 1. The van der Waals surface area contributed by atoms with Crippen LogP contribution in [0.5, 0.6) is 0 Å². The maximum absolute atomic E-state index is 11.8. The number of hydrogen-bond acceptors (Lipinski definition) is 4. The molecule has 110 valence electrons. The lowest BCUT2D eigenvalue weighted by molar-refractivity contribution is -0.119. The van der Waals surface area contributed by atoms with E-state index >= 15 is 0 Å². The van der Waals surface area contributed by atoms with Crippen LogP contribution in [0.15, 0.2) is 27.6 Å². The van der Waals surface area contributed by atoms with Crippen LogP contribution < -0.4 is 5.32 Å². The predicted octanol–water partition coefficient (Wildman–Crippen LogP) is 2.15. The zero-order valence-electron chi connectivity index (χ0n) is 11.1. The third kappa shape index (κ3) is 4.49. The molecule has 1 atom stereocenters. The first-order valence-corrected chi connectivity index (χ1v) is 9.84. The van der Waals surface area contributed by atoms with Crippen LogP contribution in [0.2, 0.25) is 0 Å². The van der Waals surface area contributed by atoms with Gasteiger partial charge in [-0.2, -0.15) is 0 Å². The predicted molar refractivity (Wildman–Crippen MR) is 84.8 cm³/mol. The first-order valence-electron chi connectivity index (χ1n) is 6.24. The minimum Gasteiger partial charge on any atom is -0.352 e.